The van der Waals surface area contributed by atoms with E-state index in [2.05, 4.69) is 23.8 Å². The van der Waals surface area contributed by atoms with E-state index in [1.807, 2.05) is 26.8 Å². The van der Waals surface area contributed by atoms with Gasteiger partial charge in [-0.05, 0) is 37.9 Å². The second-order valence-corrected chi connectivity index (χ2v) is 7.44. The fourth-order valence-electron chi connectivity index (χ4n) is 2.53. The van der Waals surface area contributed by atoms with E-state index in [0.717, 1.165) is 11.1 Å². The molecule has 5 nitrogen and oxygen atoms in total. The van der Waals surface area contributed by atoms with Crippen molar-refractivity contribution in [2.24, 2.45) is 5.41 Å². The Balaban J connectivity index is 2.19. The van der Waals surface area contributed by atoms with Gasteiger partial charge in [-0.3, -0.25) is 0 Å². The summed E-state index contributed by atoms with van der Waals surface area (Å²) in [5, 5.41) is 0.230. The van der Waals surface area contributed by atoms with Crippen LogP contribution in [0.25, 0.3) is 5.57 Å². The molecule has 1 aliphatic rings. The molecule has 0 saturated heterocycles. The molecule has 2 heterocycles. The van der Waals surface area contributed by atoms with Gasteiger partial charge in [-0.1, -0.05) is 19.9 Å². The van der Waals surface area contributed by atoms with Crippen molar-refractivity contribution >= 4 is 23.3 Å². The van der Waals surface area contributed by atoms with Gasteiger partial charge in [-0.2, -0.15) is 0 Å². The first-order chi connectivity index (χ1) is 10.1. The van der Waals surface area contributed by atoms with Crippen LogP contribution in [0.1, 0.15) is 40.2 Å². The average Bonchev–Trinajstić information content (AvgIpc) is 2.37. The van der Waals surface area contributed by atoms with Crippen LogP contribution in [-0.2, 0) is 4.74 Å². The largest absolute Gasteiger partial charge is 0.444 e. The number of aromatic nitrogens is 2. The average molecular weight is 324 g/mol. The molecule has 0 radical (unpaired) electrons. The Morgan fingerprint density at radius 3 is 2.41 bits per heavy atom. The van der Waals surface area contributed by atoms with E-state index in [4.69, 9.17) is 16.3 Å². The Bertz CT molecular complexity index is 588. The Kier molecular flexibility index (Phi) is 4.47. The molecule has 0 aromatic carbocycles. The molecule has 1 aliphatic heterocycles. The first kappa shape index (κ1) is 16.7. The van der Waals surface area contributed by atoms with Crippen LogP contribution in [0.2, 0.25) is 5.28 Å². The van der Waals surface area contributed by atoms with E-state index >= 15 is 0 Å². The van der Waals surface area contributed by atoms with Crippen LogP contribution >= 0.6 is 11.6 Å². The third-order valence-corrected chi connectivity index (χ3v) is 3.61. The molecule has 2 rings (SSSR count). The summed E-state index contributed by atoms with van der Waals surface area (Å²) < 4.78 is 5.44. The second kappa shape index (κ2) is 5.88. The highest BCUT2D eigenvalue weighted by Crippen LogP contribution is 2.38. The van der Waals surface area contributed by atoms with E-state index in [-0.39, 0.29) is 16.8 Å². The number of hydrogen-bond donors (Lipinski definition) is 0. The van der Waals surface area contributed by atoms with Gasteiger partial charge >= 0.3 is 6.09 Å². The summed E-state index contributed by atoms with van der Waals surface area (Å²) in [6.07, 6.45) is 5.17. The highest BCUT2D eigenvalue weighted by atomic mass is 35.5. The smallest absolute Gasteiger partial charge is 0.410 e. The third-order valence-electron chi connectivity index (χ3n) is 3.41. The molecule has 0 saturated carbocycles. The SMILES string of the molecule is CC(C)(C)OC(=O)N1CC=C(c2cnc(Cl)nc2)C(C)(C)C1. The molecular weight excluding hydrogens is 302 g/mol. The molecule has 1 aromatic rings. The van der Waals surface area contributed by atoms with Crippen molar-refractivity contribution in [3.05, 3.63) is 29.3 Å². The van der Waals surface area contributed by atoms with Gasteiger partial charge in [0.2, 0.25) is 5.28 Å². The number of hydrogen-bond acceptors (Lipinski definition) is 4. The third kappa shape index (κ3) is 3.97. The molecule has 1 aromatic heterocycles. The Morgan fingerprint density at radius 1 is 1.32 bits per heavy atom. The van der Waals surface area contributed by atoms with Crippen LogP contribution in [0.15, 0.2) is 18.5 Å². The van der Waals surface area contributed by atoms with E-state index < -0.39 is 5.60 Å². The van der Waals surface area contributed by atoms with E-state index in [9.17, 15) is 4.79 Å². The number of nitrogens with zero attached hydrogens (tertiary/aromatic N) is 3. The minimum atomic E-state index is -0.491. The van der Waals surface area contributed by atoms with Crippen LogP contribution in [0.5, 0.6) is 0 Å². The maximum Gasteiger partial charge on any atom is 0.410 e. The van der Waals surface area contributed by atoms with Gasteiger partial charge in [0.15, 0.2) is 0 Å². The summed E-state index contributed by atoms with van der Waals surface area (Å²) in [7, 11) is 0. The number of amides is 1. The Hall–Kier alpha value is -1.62. The normalized spacial score (nSPS) is 17.9. The van der Waals surface area contributed by atoms with Crippen molar-refractivity contribution in [2.75, 3.05) is 13.1 Å². The molecule has 0 bridgehead atoms. The zero-order valence-electron chi connectivity index (χ0n) is 13.7. The molecule has 0 fully saturated rings. The van der Waals surface area contributed by atoms with Crippen LogP contribution < -0.4 is 0 Å². The Labute approximate surface area is 136 Å². The summed E-state index contributed by atoms with van der Waals surface area (Å²) in [6, 6.07) is 0. The van der Waals surface area contributed by atoms with Gasteiger partial charge < -0.3 is 9.64 Å². The number of halogens is 1. The predicted molar refractivity (Wildman–Crippen MR) is 86.6 cm³/mol. The molecule has 0 N–H and O–H groups in total. The van der Waals surface area contributed by atoms with Gasteiger partial charge in [0.05, 0.1) is 0 Å². The van der Waals surface area contributed by atoms with Gasteiger partial charge in [0.25, 0.3) is 0 Å². The number of ether oxygens (including phenoxy) is 1. The van der Waals surface area contributed by atoms with E-state index in [0.29, 0.717) is 13.1 Å². The summed E-state index contributed by atoms with van der Waals surface area (Å²) in [6.45, 7) is 10.9. The highest BCUT2D eigenvalue weighted by molar-refractivity contribution is 6.28. The van der Waals surface area contributed by atoms with E-state index in [1.165, 1.54) is 0 Å². The number of rotatable bonds is 1. The number of carbonyl (C=O) groups excluding carboxylic acids is 1. The summed E-state index contributed by atoms with van der Waals surface area (Å²) >= 11 is 5.74. The van der Waals surface area contributed by atoms with Gasteiger partial charge in [-0.15, -0.1) is 0 Å². The first-order valence-electron chi connectivity index (χ1n) is 7.25. The topological polar surface area (TPSA) is 55.3 Å². The van der Waals surface area contributed by atoms with Crippen molar-refractivity contribution < 1.29 is 9.53 Å². The van der Waals surface area contributed by atoms with Crippen LogP contribution in [0.3, 0.4) is 0 Å². The maximum atomic E-state index is 12.2. The molecule has 0 unspecified atom stereocenters. The van der Waals surface area contributed by atoms with Crippen molar-refractivity contribution in [3.63, 3.8) is 0 Å². The van der Waals surface area contributed by atoms with Crippen molar-refractivity contribution in [3.8, 4) is 0 Å². The van der Waals surface area contributed by atoms with E-state index in [1.54, 1.807) is 17.3 Å². The molecule has 6 heteroatoms. The predicted octanol–water partition coefficient (Wildman–Crippen LogP) is 3.79. The minimum Gasteiger partial charge on any atom is -0.444 e. The highest BCUT2D eigenvalue weighted by Gasteiger charge is 2.34. The fourth-order valence-corrected chi connectivity index (χ4v) is 2.63. The molecule has 120 valence electrons. The summed E-state index contributed by atoms with van der Waals surface area (Å²) in [5.41, 5.74) is 1.34. The minimum absolute atomic E-state index is 0.216. The lowest BCUT2D eigenvalue weighted by atomic mass is 9.78. The zero-order valence-corrected chi connectivity index (χ0v) is 14.4. The monoisotopic (exact) mass is 323 g/mol. The van der Waals surface area contributed by atoms with Crippen LogP contribution in [-0.4, -0.2) is 39.7 Å². The summed E-state index contributed by atoms with van der Waals surface area (Å²) in [5.74, 6) is 0. The van der Waals surface area contributed by atoms with Gasteiger partial charge in [-0.25, -0.2) is 14.8 Å². The fraction of sp³-hybridized carbons (Fsp3) is 0.562. The quantitative estimate of drug-likeness (QED) is 0.738. The van der Waals surface area contributed by atoms with Gasteiger partial charge in [0.1, 0.15) is 5.60 Å². The second-order valence-electron chi connectivity index (χ2n) is 7.10. The molecule has 0 spiro atoms. The Morgan fingerprint density at radius 2 is 1.91 bits per heavy atom. The van der Waals surface area contributed by atoms with Crippen molar-refractivity contribution in [2.45, 2.75) is 40.2 Å². The lowest BCUT2D eigenvalue weighted by Crippen LogP contribution is -2.45. The molecule has 22 heavy (non-hydrogen) atoms. The molecule has 1 amide bonds. The first-order valence-corrected chi connectivity index (χ1v) is 7.63. The van der Waals surface area contributed by atoms with Gasteiger partial charge in [0, 0.05) is 36.5 Å². The van der Waals surface area contributed by atoms with Crippen molar-refractivity contribution in [1.29, 1.82) is 0 Å². The van der Waals surface area contributed by atoms with Crippen LogP contribution in [0, 0.1) is 5.41 Å². The lowest BCUT2D eigenvalue weighted by molar-refractivity contribution is 0.0219. The standard InChI is InChI=1S/C16H22ClN3O2/c1-15(2,3)22-14(21)20-7-6-12(16(4,5)10-20)11-8-18-13(17)19-9-11/h6,8-9H,7,10H2,1-5H3. The van der Waals surface area contributed by atoms with Crippen molar-refractivity contribution in [1.82, 2.24) is 14.9 Å². The molecule has 0 aliphatic carbocycles. The summed E-state index contributed by atoms with van der Waals surface area (Å²) in [4.78, 5) is 22.0. The lowest BCUT2D eigenvalue weighted by Gasteiger charge is -2.39. The zero-order chi connectivity index (χ0) is 16.5. The van der Waals surface area contributed by atoms with Crippen LogP contribution in [0.4, 0.5) is 4.79 Å². The molecular formula is C16H22ClN3O2. The number of carbonyl (C=O) groups is 1. The maximum absolute atomic E-state index is 12.2. The molecule has 0 atom stereocenters.